The largest absolute Gasteiger partial charge is 0.390 e. The minimum absolute atomic E-state index is 0.0315. The van der Waals surface area contributed by atoms with Gasteiger partial charge in [0.2, 0.25) is 5.91 Å². The van der Waals surface area contributed by atoms with E-state index in [1.807, 2.05) is 11.0 Å². The first-order chi connectivity index (χ1) is 8.79. The Balaban J connectivity index is 1.75. The van der Waals surface area contributed by atoms with Crippen molar-refractivity contribution in [2.45, 2.75) is 44.8 Å². The van der Waals surface area contributed by atoms with Crippen LogP contribution in [-0.4, -0.2) is 32.7 Å². The Bertz CT molecular complexity index is 439. The monoisotopic (exact) mass is 249 g/mol. The molecule has 5 heteroatoms. The summed E-state index contributed by atoms with van der Waals surface area (Å²) in [6.07, 6.45) is 5.31. The molecule has 2 N–H and O–H groups in total. The molecule has 0 unspecified atom stereocenters. The predicted molar refractivity (Wildman–Crippen MR) is 65.5 cm³/mol. The summed E-state index contributed by atoms with van der Waals surface area (Å²) in [6, 6.07) is 1.98. The number of hydrogen-bond acceptors (Lipinski definition) is 3. The van der Waals surface area contributed by atoms with Crippen molar-refractivity contribution in [2.75, 3.05) is 6.54 Å². The normalized spacial score (nSPS) is 24.3. The zero-order valence-corrected chi connectivity index (χ0v) is 10.4. The number of aliphatic hydroxyl groups is 1. The lowest BCUT2D eigenvalue weighted by Crippen LogP contribution is -2.38. The maximum absolute atomic E-state index is 12.3. The molecule has 1 aromatic rings. The first kappa shape index (κ1) is 11.7. The lowest BCUT2D eigenvalue weighted by molar-refractivity contribution is -0.139. The van der Waals surface area contributed by atoms with Crippen LogP contribution in [0.1, 0.15) is 49.5 Å². The number of H-pyrrole nitrogens is 1. The first-order valence-electron chi connectivity index (χ1n) is 6.75. The third kappa shape index (κ3) is 1.92. The van der Waals surface area contributed by atoms with Gasteiger partial charge < -0.3 is 10.0 Å². The third-order valence-electron chi connectivity index (χ3n) is 4.15. The van der Waals surface area contributed by atoms with E-state index in [0.717, 1.165) is 37.9 Å². The highest BCUT2D eigenvalue weighted by Crippen LogP contribution is 2.36. The van der Waals surface area contributed by atoms with E-state index in [2.05, 4.69) is 10.2 Å². The fraction of sp³-hybridized carbons (Fsp3) is 0.692. The van der Waals surface area contributed by atoms with Gasteiger partial charge in [0.05, 0.1) is 24.0 Å². The molecule has 5 nitrogen and oxygen atoms in total. The molecule has 2 heterocycles. The van der Waals surface area contributed by atoms with Crippen molar-refractivity contribution in [3.8, 4) is 0 Å². The molecule has 0 spiro atoms. The van der Waals surface area contributed by atoms with Crippen LogP contribution >= 0.6 is 0 Å². The Morgan fingerprint density at radius 3 is 2.89 bits per heavy atom. The number of nitrogens with one attached hydrogen (secondary N) is 1. The smallest absolute Gasteiger partial charge is 0.226 e. The number of amides is 1. The van der Waals surface area contributed by atoms with Gasteiger partial charge in [0.25, 0.3) is 0 Å². The summed E-state index contributed by atoms with van der Waals surface area (Å²) in [5.74, 6) is 0.555. The molecule has 1 saturated heterocycles. The minimum Gasteiger partial charge on any atom is -0.390 e. The highest BCUT2D eigenvalue weighted by Gasteiger charge is 2.37. The Labute approximate surface area is 106 Å². The quantitative estimate of drug-likeness (QED) is 0.850. The molecule has 0 radical (unpaired) electrons. The first-order valence-corrected chi connectivity index (χ1v) is 6.75. The molecule has 2 fully saturated rings. The molecule has 0 bridgehead atoms. The van der Waals surface area contributed by atoms with E-state index in [4.69, 9.17) is 5.11 Å². The van der Waals surface area contributed by atoms with Gasteiger partial charge in [0, 0.05) is 12.5 Å². The van der Waals surface area contributed by atoms with Gasteiger partial charge in [0.15, 0.2) is 0 Å². The molecule has 98 valence electrons. The number of rotatable bonds is 3. The Hall–Kier alpha value is -1.36. The van der Waals surface area contributed by atoms with E-state index in [0.29, 0.717) is 11.6 Å². The van der Waals surface area contributed by atoms with E-state index in [1.54, 1.807) is 0 Å². The lowest BCUT2D eigenvalue weighted by atomic mass is 9.84. The van der Waals surface area contributed by atoms with Crippen LogP contribution < -0.4 is 0 Å². The Morgan fingerprint density at radius 1 is 1.44 bits per heavy atom. The van der Waals surface area contributed by atoms with E-state index >= 15 is 0 Å². The summed E-state index contributed by atoms with van der Waals surface area (Å²) in [5, 5.41) is 16.1. The average Bonchev–Trinajstić information content (AvgIpc) is 2.95. The van der Waals surface area contributed by atoms with Gasteiger partial charge in [0.1, 0.15) is 0 Å². The summed E-state index contributed by atoms with van der Waals surface area (Å²) in [7, 11) is 0. The van der Waals surface area contributed by atoms with Crippen molar-refractivity contribution in [1.29, 1.82) is 0 Å². The van der Waals surface area contributed by atoms with Crippen LogP contribution in [0, 0.1) is 5.92 Å². The van der Waals surface area contributed by atoms with Crippen LogP contribution in [0.15, 0.2) is 6.07 Å². The number of nitrogens with zero attached hydrogens (tertiary/aromatic N) is 2. The highest BCUT2D eigenvalue weighted by molar-refractivity contribution is 5.80. The Kier molecular flexibility index (Phi) is 3.07. The number of aromatic nitrogens is 2. The molecule has 3 rings (SSSR count). The second kappa shape index (κ2) is 4.72. The van der Waals surface area contributed by atoms with Crippen molar-refractivity contribution in [2.24, 2.45) is 5.92 Å². The van der Waals surface area contributed by atoms with Gasteiger partial charge in [-0.15, -0.1) is 0 Å². The maximum atomic E-state index is 12.3. The molecular formula is C13H19N3O2. The van der Waals surface area contributed by atoms with Crippen molar-refractivity contribution < 1.29 is 9.90 Å². The molecule has 1 amide bonds. The van der Waals surface area contributed by atoms with Gasteiger partial charge >= 0.3 is 0 Å². The molecule has 1 atom stereocenters. The van der Waals surface area contributed by atoms with E-state index in [9.17, 15) is 4.79 Å². The van der Waals surface area contributed by atoms with Gasteiger partial charge in [-0.2, -0.15) is 5.10 Å². The van der Waals surface area contributed by atoms with Crippen LogP contribution in [0.3, 0.4) is 0 Å². The zero-order chi connectivity index (χ0) is 12.5. The van der Waals surface area contributed by atoms with E-state index in [-0.39, 0.29) is 18.6 Å². The predicted octanol–water partition coefficient (Wildman–Crippen LogP) is 1.37. The SMILES string of the molecule is O=C(C1CCC1)N1CCC[C@H]1c1cc(CO)[nH]n1. The molecular weight excluding hydrogens is 230 g/mol. The summed E-state index contributed by atoms with van der Waals surface area (Å²) in [5.41, 5.74) is 1.61. The van der Waals surface area contributed by atoms with Crippen LogP contribution in [0.2, 0.25) is 0 Å². The van der Waals surface area contributed by atoms with Crippen molar-refractivity contribution in [3.05, 3.63) is 17.5 Å². The molecule has 1 saturated carbocycles. The highest BCUT2D eigenvalue weighted by atomic mass is 16.3. The lowest BCUT2D eigenvalue weighted by Gasteiger charge is -2.32. The van der Waals surface area contributed by atoms with Crippen LogP contribution in [0.5, 0.6) is 0 Å². The minimum atomic E-state index is -0.0315. The van der Waals surface area contributed by atoms with Crippen molar-refractivity contribution in [3.63, 3.8) is 0 Å². The number of likely N-dealkylation sites (tertiary alicyclic amines) is 1. The zero-order valence-electron chi connectivity index (χ0n) is 10.4. The second-order valence-corrected chi connectivity index (χ2v) is 5.29. The fourth-order valence-corrected chi connectivity index (χ4v) is 2.86. The molecule has 1 aromatic heterocycles. The number of aromatic amines is 1. The van der Waals surface area contributed by atoms with Crippen LogP contribution in [0.25, 0.3) is 0 Å². The standard InChI is InChI=1S/C13H19N3O2/c17-8-10-7-11(15-14-10)12-5-2-6-16(12)13(18)9-3-1-4-9/h7,9,12,17H,1-6,8H2,(H,14,15)/t12-/m0/s1. The molecule has 2 aliphatic rings. The third-order valence-corrected chi connectivity index (χ3v) is 4.15. The number of carbonyl (C=O) groups is 1. The fourth-order valence-electron chi connectivity index (χ4n) is 2.86. The van der Waals surface area contributed by atoms with E-state index < -0.39 is 0 Å². The Morgan fingerprint density at radius 2 is 2.28 bits per heavy atom. The van der Waals surface area contributed by atoms with Crippen LogP contribution in [-0.2, 0) is 11.4 Å². The van der Waals surface area contributed by atoms with Gasteiger partial charge in [-0.25, -0.2) is 0 Å². The summed E-state index contributed by atoms with van der Waals surface area (Å²) < 4.78 is 0. The van der Waals surface area contributed by atoms with Gasteiger partial charge in [-0.3, -0.25) is 9.89 Å². The van der Waals surface area contributed by atoms with E-state index in [1.165, 1.54) is 6.42 Å². The number of hydrogen-bond donors (Lipinski definition) is 2. The maximum Gasteiger partial charge on any atom is 0.226 e. The number of carbonyl (C=O) groups excluding carboxylic acids is 1. The summed E-state index contributed by atoms with van der Waals surface area (Å²) in [4.78, 5) is 14.3. The van der Waals surface area contributed by atoms with Crippen molar-refractivity contribution >= 4 is 5.91 Å². The molecule has 1 aliphatic carbocycles. The average molecular weight is 249 g/mol. The molecule has 18 heavy (non-hydrogen) atoms. The molecule has 0 aromatic carbocycles. The van der Waals surface area contributed by atoms with Gasteiger partial charge in [-0.1, -0.05) is 6.42 Å². The van der Waals surface area contributed by atoms with Crippen molar-refractivity contribution in [1.82, 2.24) is 15.1 Å². The van der Waals surface area contributed by atoms with Gasteiger partial charge in [-0.05, 0) is 31.7 Å². The van der Waals surface area contributed by atoms with Crippen LogP contribution in [0.4, 0.5) is 0 Å². The molecule has 1 aliphatic heterocycles. The second-order valence-electron chi connectivity index (χ2n) is 5.29. The topological polar surface area (TPSA) is 69.2 Å². The summed E-state index contributed by atoms with van der Waals surface area (Å²) >= 11 is 0. The summed E-state index contributed by atoms with van der Waals surface area (Å²) in [6.45, 7) is 0.817. The number of aliphatic hydroxyl groups excluding tert-OH is 1.